The number of halogens is 1. The van der Waals surface area contributed by atoms with E-state index in [1.807, 2.05) is 0 Å². The topological polar surface area (TPSA) is 55.4 Å². The van der Waals surface area contributed by atoms with Gasteiger partial charge in [-0.25, -0.2) is 13.1 Å². The third-order valence-electron chi connectivity index (χ3n) is 1.78. The van der Waals surface area contributed by atoms with E-state index < -0.39 is 10.0 Å². The number of hydrogen-bond acceptors (Lipinski definition) is 4. The highest BCUT2D eigenvalue weighted by molar-refractivity contribution is 7.91. The molecule has 1 N–H and O–H groups in total. The van der Waals surface area contributed by atoms with Gasteiger partial charge in [-0.3, -0.25) is 0 Å². The van der Waals surface area contributed by atoms with Gasteiger partial charge in [0.2, 0.25) is 10.0 Å². The molecule has 0 aromatic carbocycles. The molecule has 0 spiro atoms. The summed E-state index contributed by atoms with van der Waals surface area (Å²) < 4.78 is 31.3. The van der Waals surface area contributed by atoms with Gasteiger partial charge in [0, 0.05) is 13.7 Å². The molecule has 15 heavy (non-hydrogen) atoms. The molecular formula is C8H12ClNO3S2. The Labute approximate surface area is 98.3 Å². The van der Waals surface area contributed by atoms with Gasteiger partial charge in [0.05, 0.1) is 10.4 Å². The Morgan fingerprint density at radius 1 is 1.60 bits per heavy atom. The van der Waals surface area contributed by atoms with Gasteiger partial charge in [-0.15, -0.1) is 11.3 Å². The lowest BCUT2D eigenvalue weighted by molar-refractivity contribution is 0.122. The minimum Gasteiger partial charge on any atom is -0.380 e. The zero-order chi connectivity index (χ0) is 11.5. The lowest BCUT2D eigenvalue weighted by Gasteiger charge is -2.09. The highest BCUT2D eigenvalue weighted by Crippen LogP contribution is 2.25. The van der Waals surface area contributed by atoms with Gasteiger partial charge >= 0.3 is 0 Å². The van der Waals surface area contributed by atoms with Crippen LogP contribution in [0.2, 0.25) is 4.34 Å². The first-order chi connectivity index (χ1) is 6.95. The maximum atomic E-state index is 11.7. The van der Waals surface area contributed by atoms with E-state index in [0.717, 1.165) is 11.3 Å². The van der Waals surface area contributed by atoms with Crippen LogP contribution in [0.25, 0.3) is 0 Å². The van der Waals surface area contributed by atoms with Crippen molar-refractivity contribution >= 4 is 33.0 Å². The van der Waals surface area contributed by atoms with Crippen molar-refractivity contribution in [1.82, 2.24) is 4.72 Å². The molecule has 0 aliphatic rings. The van der Waals surface area contributed by atoms with E-state index in [1.54, 1.807) is 13.0 Å². The molecule has 0 fully saturated rings. The average Bonchev–Trinajstić information content (AvgIpc) is 2.62. The Bertz CT molecular complexity index is 415. The van der Waals surface area contributed by atoms with E-state index in [1.165, 1.54) is 13.2 Å². The molecule has 0 amide bonds. The van der Waals surface area contributed by atoms with Crippen LogP contribution in [0.15, 0.2) is 16.3 Å². The zero-order valence-corrected chi connectivity index (χ0v) is 10.7. The van der Waals surface area contributed by atoms with Crippen molar-refractivity contribution in [3.05, 3.63) is 16.5 Å². The standard InChI is InChI=1S/C8H12ClNO3S2/c1-6(13-2)5-10-15(11,12)8-4-3-7(9)14-8/h3-4,6,10H,5H2,1-2H3. The number of rotatable bonds is 5. The maximum Gasteiger partial charge on any atom is 0.250 e. The van der Waals surface area contributed by atoms with E-state index in [9.17, 15) is 8.42 Å². The van der Waals surface area contributed by atoms with Gasteiger partial charge in [0.1, 0.15) is 4.21 Å². The van der Waals surface area contributed by atoms with Crippen molar-refractivity contribution in [2.24, 2.45) is 0 Å². The lowest BCUT2D eigenvalue weighted by Crippen LogP contribution is -2.31. The average molecular weight is 270 g/mol. The second kappa shape index (κ2) is 5.27. The summed E-state index contributed by atoms with van der Waals surface area (Å²) >= 11 is 6.69. The fourth-order valence-corrected chi connectivity index (χ4v) is 3.47. The number of thiophene rings is 1. The van der Waals surface area contributed by atoms with Gasteiger partial charge in [-0.05, 0) is 19.1 Å². The van der Waals surface area contributed by atoms with Crippen LogP contribution in [0.3, 0.4) is 0 Å². The highest BCUT2D eigenvalue weighted by Gasteiger charge is 2.16. The van der Waals surface area contributed by atoms with E-state index in [4.69, 9.17) is 16.3 Å². The van der Waals surface area contributed by atoms with E-state index >= 15 is 0 Å². The van der Waals surface area contributed by atoms with Crippen molar-refractivity contribution in [1.29, 1.82) is 0 Å². The lowest BCUT2D eigenvalue weighted by atomic mass is 10.4. The minimum absolute atomic E-state index is 0.157. The predicted octanol–water partition coefficient (Wildman–Crippen LogP) is 1.71. The van der Waals surface area contributed by atoms with Gasteiger partial charge in [-0.2, -0.15) is 0 Å². The SMILES string of the molecule is COC(C)CNS(=O)(=O)c1ccc(Cl)s1. The number of hydrogen-bond donors (Lipinski definition) is 1. The summed E-state index contributed by atoms with van der Waals surface area (Å²) in [6.07, 6.45) is -0.157. The molecule has 1 atom stereocenters. The molecule has 4 nitrogen and oxygen atoms in total. The van der Waals surface area contributed by atoms with Crippen molar-refractivity contribution in [2.45, 2.75) is 17.2 Å². The molecule has 0 aliphatic heterocycles. The molecule has 0 saturated heterocycles. The van der Waals surface area contributed by atoms with Crippen LogP contribution < -0.4 is 4.72 Å². The van der Waals surface area contributed by atoms with Crippen molar-refractivity contribution in [3.63, 3.8) is 0 Å². The van der Waals surface area contributed by atoms with Crippen LogP contribution in [0.5, 0.6) is 0 Å². The molecule has 0 aliphatic carbocycles. The Morgan fingerprint density at radius 3 is 2.73 bits per heavy atom. The number of nitrogens with one attached hydrogen (secondary N) is 1. The summed E-state index contributed by atoms with van der Waals surface area (Å²) in [5, 5.41) is 0. The number of sulfonamides is 1. The minimum atomic E-state index is -3.44. The molecule has 1 aromatic rings. The van der Waals surface area contributed by atoms with Crippen LogP contribution in [0.4, 0.5) is 0 Å². The Kier molecular flexibility index (Phi) is 4.54. The van der Waals surface area contributed by atoms with Crippen LogP contribution in [-0.2, 0) is 14.8 Å². The quantitative estimate of drug-likeness (QED) is 0.885. The number of ether oxygens (including phenoxy) is 1. The molecule has 0 saturated carbocycles. The zero-order valence-electron chi connectivity index (χ0n) is 8.36. The monoisotopic (exact) mass is 269 g/mol. The van der Waals surface area contributed by atoms with Crippen molar-refractivity contribution in [3.8, 4) is 0 Å². The predicted molar refractivity (Wildman–Crippen MR) is 61.0 cm³/mol. The Hall–Kier alpha value is -0.140. The van der Waals surface area contributed by atoms with Crippen molar-refractivity contribution < 1.29 is 13.2 Å². The van der Waals surface area contributed by atoms with Gasteiger partial charge in [0.15, 0.2) is 0 Å². The summed E-state index contributed by atoms with van der Waals surface area (Å²) in [5.74, 6) is 0. The van der Waals surface area contributed by atoms with Crippen molar-refractivity contribution in [2.75, 3.05) is 13.7 Å². The molecular weight excluding hydrogens is 258 g/mol. The molecule has 7 heteroatoms. The molecule has 1 aromatic heterocycles. The highest BCUT2D eigenvalue weighted by atomic mass is 35.5. The van der Waals surface area contributed by atoms with E-state index in [-0.39, 0.29) is 16.9 Å². The summed E-state index contributed by atoms with van der Waals surface area (Å²) in [4.78, 5) is 0. The first-order valence-corrected chi connectivity index (χ1v) is 6.91. The first kappa shape index (κ1) is 12.9. The molecule has 1 rings (SSSR count). The fourth-order valence-electron chi connectivity index (χ4n) is 0.824. The van der Waals surface area contributed by atoms with Gasteiger partial charge in [0.25, 0.3) is 0 Å². The fraction of sp³-hybridized carbons (Fsp3) is 0.500. The largest absolute Gasteiger partial charge is 0.380 e. The molecule has 0 radical (unpaired) electrons. The second-order valence-electron chi connectivity index (χ2n) is 2.96. The summed E-state index contributed by atoms with van der Waals surface area (Å²) in [6, 6.07) is 3.04. The summed E-state index contributed by atoms with van der Waals surface area (Å²) in [6.45, 7) is 2.03. The summed E-state index contributed by atoms with van der Waals surface area (Å²) in [5.41, 5.74) is 0. The second-order valence-corrected chi connectivity index (χ2v) is 6.67. The van der Waals surface area contributed by atoms with E-state index in [0.29, 0.717) is 4.34 Å². The van der Waals surface area contributed by atoms with Gasteiger partial charge < -0.3 is 4.74 Å². The Balaban J connectivity index is 2.68. The van der Waals surface area contributed by atoms with Gasteiger partial charge in [-0.1, -0.05) is 11.6 Å². The van der Waals surface area contributed by atoms with Crippen LogP contribution in [0, 0.1) is 0 Å². The van der Waals surface area contributed by atoms with E-state index in [2.05, 4.69) is 4.72 Å². The third kappa shape index (κ3) is 3.73. The smallest absolute Gasteiger partial charge is 0.250 e. The normalized spacial score (nSPS) is 14.1. The van der Waals surface area contributed by atoms with Crippen LogP contribution in [-0.4, -0.2) is 28.2 Å². The van der Waals surface area contributed by atoms with Crippen LogP contribution >= 0.6 is 22.9 Å². The molecule has 1 unspecified atom stereocenters. The molecule has 86 valence electrons. The third-order valence-corrected chi connectivity index (χ3v) is 4.92. The molecule has 0 bridgehead atoms. The molecule has 1 heterocycles. The Morgan fingerprint density at radius 2 is 2.27 bits per heavy atom. The number of methoxy groups -OCH3 is 1. The van der Waals surface area contributed by atoms with Crippen LogP contribution in [0.1, 0.15) is 6.92 Å². The summed E-state index contributed by atoms with van der Waals surface area (Å²) in [7, 11) is -1.91. The maximum absolute atomic E-state index is 11.7. The first-order valence-electron chi connectivity index (χ1n) is 4.23.